The van der Waals surface area contributed by atoms with Crippen LogP contribution in [0.5, 0.6) is 0 Å². The van der Waals surface area contributed by atoms with E-state index in [-0.39, 0.29) is 0 Å². The normalized spacial score (nSPS) is 11.2. The van der Waals surface area contributed by atoms with Crippen molar-refractivity contribution in [2.24, 2.45) is 0 Å². The first-order valence-corrected chi connectivity index (χ1v) is 10.9. The van der Waals surface area contributed by atoms with E-state index >= 15 is 0 Å². The van der Waals surface area contributed by atoms with Crippen molar-refractivity contribution in [1.82, 2.24) is 29.5 Å². The molecule has 2 aromatic carbocycles. The number of rotatable bonds is 4. The largest absolute Gasteiger partial charge is 0.280 e. The monoisotopic (exact) mass is 426 g/mol. The number of para-hydroxylation sites is 2. The maximum absolute atomic E-state index is 4.56. The van der Waals surface area contributed by atoms with E-state index in [1.54, 1.807) is 24.0 Å². The van der Waals surface area contributed by atoms with Gasteiger partial charge < -0.3 is 0 Å². The van der Waals surface area contributed by atoms with Crippen LogP contribution in [0.4, 0.5) is 0 Å². The molecule has 0 saturated heterocycles. The van der Waals surface area contributed by atoms with Crippen LogP contribution in [0.2, 0.25) is 0 Å². The number of nitrogens with zero attached hydrogens (tertiary/aromatic N) is 6. The highest BCUT2D eigenvalue weighted by Crippen LogP contribution is 2.34. The molecule has 0 unspecified atom stereocenters. The van der Waals surface area contributed by atoms with Crippen LogP contribution in [-0.4, -0.2) is 29.5 Å². The highest BCUT2D eigenvalue weighted by Gasteiger charge is 2.18. The lowest BCUT2D eigenvalue weighted by Gasteiger charge is -2.12. The van der Waals surface area contributed by atoms with Gasteiger partial charge in [-0.05, 0) is 56.0 Å². The fourth-order valence-electron chi connectivity index (χ4n) is 4.06. The smallest absolute Gasteiger partial charge is 0.178 e. The highest BCUT2D eigenvalue weighted by atomic mass is 32.1. The van der Waals surface area contributed by atoms with Crippen LogP contribution in [0.3, 0.4) is 0 Å². The molecule has 5 aromatic rings. The van der Waals surface area contributed by atoms with Gasteiger partial charge in [0.05, 0.1) is 16.3 Å². The molecule has 3 heterocycles. The van der Waals surface area contributed by atoms with Crippen LogP contribution in [-0.2, 0) is 0 Å². The number of aromatic nitrogens is 6. The predicted octanol–water partition coefficient (Wildman–Crippen LogP) is 5.48. The second-order valence-electron chi connectivity index (χ2n) is 7.70. The summed E-state index contributed by atoms with van der Waals surface area (Å²) in [5, 5.41) is 15.3. The van der Waals surface area contributed by atoms with Crippen LogP contribution >= 0.6 is 11.3 Å². The lowest BCUT2D eigenvalue weighted by atomic mass is 10.1. The molecular formula is C24H22N6S. The quantitative estimate of drug-likeness (QED) is 0.382. The Morgan fingerprint density at radius 1 is 0.806 bits per heavy atom. The zero-order valence-electron chi connectivity index (χ0n) is 17.9. The Morgan fingerprint density at radius 2 is 1.45 bits per heavy atom. The Hall–Kier alpha value is -3.58. The Bertz CT molecular complexity index is 1250. The van der Waals surface area contributed by atoms with Crippen molar-refractivity contribution >= 4 is 11.3 Å². The SMILES string of the molecule is Cc1cccc(C)c1-n1cnnc1-c1cc(-c2ncnn2-c2c(C)cccc2C)cs1. The van der Waals surface area contributed by atoms with E-state index in [4.69, 9.17) is 0 Å². The van der Waals surface area contributed by atoms with Gasteiger partial charge in [-0.3, -0.25) is 4.57 Å². The number of aryl methyl sites for hydroxylation is 4. The van der Waals surface area contributed by atoms with Crippen molar-refractivity contribution < 1.29 is 0 Å². The van der Waals surface area contributed by atoms with E-state index in [1.165, 1.54) is 11.1 Å². The minimum Gasteiger partial charge on any atom is -0.280 e. The topological polar surface area (TPSA) is 61.4 Å². The Balaban J connectivity index is 1.59. The van der Waals surface area contributed by atoms with Gasteiger partial charge in [0.1, 0.15) is 12.7 Å². The standard InChI is InChI=1S/C24H22N6S/c1-15-7-5-8-16(2)21(15)29-14-26-28-24(29)20-11-19(12-31-20)23-25-13-27-30(23)22-17(3)9-6-10-18(22)4/h5-14H,1-4H3. The summed E-state index contributed by atoms with van der Waals surface area (Å²) in [6.07, 6.45) is 3.39. The van der Waals surface area contributed by atoms with Crippen LogP contribution in [0.1, 0.15) is 22.3 Å². The van der Waals surface area contributed by atoms with Gasteiger partial charge in [-0.1, -0.05) is 36.4 Å². The number of benzene rings is 2. The summed E-state index contributed by atoms with van der Waals surface area (Å²) in [6.45, 7) is 8.41. The maximum Gasteiger partial charge on any atom is 0.178 e. The second kappa shape index (κ2) is 7.59. The molecule has 0 N–H and O–H groups in total. The fraction of sp³-hybridized carbons (Fsp3) is 0.167. The molecule has 0 spiro atoms. The molecule has 0 fully saturated rings. The van der Waals surface area contributed by atoms with Gasteiger partial charge in [0.25, 0.3) is 0 Å². The van der Waals surface area contributed by atoms with Gasteiger partial charge in [0.2, 0.25) is 0 Å². The summed E-state index contributed by atoms with van der Waals surface area (Å²) in [4.78, 5) is 5.60. The van der Waals surface area contributed by atoms with Gasteiger partial charge in [0, 0.05) is 10.9 Å². The molecular weight excluding hydrogens is 404 g/mol. The first-order chi connectivity index (χ1) is 15.0. The zero-order chi connectivity index (χ0) is 21.5. The molecule has 0 amide bonds. The van der Waals surface area contributed by atoms with Crippen molar-refractivity contribution in [2.75, 3.05) is 0 Å². The second-order valence-corrected chi connectivity index (χ2v) is 8.61. The minimum absolute atomic E-state index is 0.818. The number of thiophene rings is 1. The Labute approximate surface area is 184 Å². The zero-order valence-corrected chi connectivity index (χ0v) is 18.7. The molecule has 6 nitrogen and oxygen atoms in total. The van der Waals surface area contributed by atoms with Crippen LogP contribution < -0.4 is 0 Å². The van der Waals surface area contributed by atoms with Gasteiger partial charge in [0.15, 0.2) is 11.6 Å². The van der Waals surface area contributed by atoms with Crippen molar-refractivity contribution in [3.63, 3.8) is 0 Å². The van der Waals surface area contributed by atoms with Crippen molar-refractivity contribution in [3.8, 4) is 33.5 Å². The van der Waals surface area contributed by atoms with E-state index < -0.39 is 0 Å². The molecule has 0 saturated carbocycles. The number of hydrogen-bond donors (Lipinski definition) is 0. The average Bonchev–Trinajstić information content (AvgIpc) is 3.48. The summed E-state index contributed by atoms with van der Waals surface area (Å²) in [5.41, 5.74) is 7.91. The molecule has 0 bridgehead atoms. The van der Waals surface area contributed by atoms with Gasteiger partial charge in [-0.15, -0.1) is 21.5 Å². The molecule has 3 aromatic heterocycles. The van der Waals surface area contributed by atoms with E-state index in [9.17, 15) is 0 Å². The highest BCUT2D eigenvalue weighted by molar-refractivity contribution is 7.13. The van der Waals surface area contributed by atoms with Crippen molar-refractivity contribution in [1.29, 1.82) is 0 Å². The lowest BCUT2D eigenvalue weighted by Crippen LogP contribution is -2.03. The van der Waals surface area contributed by atoms with Gasteiger partial charge in [-0.2, -0.15) is 5.10 Å². The summed E-state index contributed by atoms with van der Waals surface area (Å²) in [6, 6.07) is 14.7. The molecule has 7 heteroatoms. The third-order valence-electron chi connectivity index (χ3n) is 5.51. The average molecular weight is 427 g/mol. The minimum atomic E-state index is 0.818. The molecule has 0 aliphatic rings. The molecule has 0 aliphatic carbocycles. The van der Waals surface area contributed by atoms with Crippen LogP contribution in [0.15, 0.2) is 60.5 Å². The fourth-order valence-corrected chi connectivity index (χ4v) is 4.93. The summed E-state index contributed by atoms with van der Waals surface area (Å²) >= 11 is 1.63. The summed E-state index contributed by atoms with van der Waals surface area (Å²) in [7, 11) is 0. The summed E-state index contributed by atoms with van der Waals surface area (Å²) < 4.78 is 3.99. The Kier molecular flexibility index (Phi) is 4.75. The number of hydrogen-bond acceptors (Lipinski definition) is 5. The van der Waals surface area contributed by atoms with E-state index in [0.29, 0.717) is 0 Å². The molecule has 0 aliphatic heterocycles. The predicted molar refractivity (Wildman–Crippen MR) is 124 cm³/mol. The van der Waals surface area contributed by atoms with Crippen molar-refractivity contribution in [2.45, 2.75) is 27.7 Å². The maximum atomic E-state index is 4.56. The molecule has 5 rings (SSSR count). The molecule has 0 radical (unpaired) electrons. The molecule has 0 atom stereocenters. The van der Waals surface area contributed by atoms with Crippen LogP contribution in [0.25, 0.3) is 33.5 Å². The Morgan fingerprint density at radius 3 is 2.13 bits per heavy atom. The third kappa shape index (κ3) is 3.27. The lowest BCUT2D eigenvalue weighted by molar-refractivity contribution is 0.871. The van der Waals surface area contributed by atoms with Gasteiger partial charge >= 0.3 is 0 Å². The van der Waals surface area contributed by atoms with Crippen LogP contribution in [0, 0.1) is 27.7 Å². The van der Waals surface area contributed by atoms with E-state index in [2.05, 4.69) is 100 Å². The third-order valence-corrected chi connectivity index (χ3v) is 6.43. The van der Waals surface area contributed by atoms with E-state index in [1.807, 2.05) is 4.68 Å². The first kappa shape index (κ1) is 19.4. The van der Waals surface area contributed by atoms with E-state index in [0.717, 1.165) is 44.6 Å². The van der Waals surface area contributed by atoms with Crippen molar-refractivity contribution in [3.05, 3.63) is 82.8 Å². The first-order valence-electron chi connectivity index (χ1n) is 10.1. The summed E-state index contributed by atoms with van der Waals surface area (Å²) in [5.74, 6) is 1.64. The van der Waals surface area contributed by atoms with Gasteiger partial charge in [-0.25, -0.2) is 9.67 Å². The molecule has 154 valence electrons. The molecule has 31 heavy (non-hydrogen) atoms.